The monoisotopic (exact) mass is 266 g/mol. The van der Waals surface area contributed by atoms with Gasteiger partial charge in [-0.05, 0) is 6.07 Å². The summed E-state index contributed by atoms with van der Waals surface area (Å²) in [6.07, 6.45) is 0. The number of anilines is 1. The molecule has 102 valence electrons. The number of nitrogens with zero attached hydrogens (tertiary/aromatic N) is 1. The van der Waals surface area contributed by atoms with E-state index in [1.165, 1.54) is 25.1 Å². The highest BCUT2D eigenvalue weighted by Gasteiger charge is 2.07. The van der Waals surface area contributed by atoms with E-state index >= 15 is 0 Å². The number of nitrogens with one attached hydrogen (secondary N) is 3. The minimum Gasteiger partial charge on any atom is -0.355 e. The highest BCUT2D eigenvalue weighted by molar-refractivity contribution is 5.89. The Morgan fingerprint density at radius 2 is 1.95 bits per heavy atom. The van der Waals surface area contributed by atoms with Gasteiger partial charge in [0.2, 0.25) is 5.91 Å². The third-order valence-corrected chi connectivity index (χ3v) is 2.10. The number of nitro benzene ring substituents is 1. The lowest BCUT2D eigenvalue weighted by Crippen LogP contribution is -2.36. The molecule has 19 heavy (non-hydrogen) atoms. The molecule has 0 saturated heterocycles. The van der Waals surface area contributed by atoms with Crippen LogP contribution in [-0.4, -0.2) is 30.0 Å². The Labute approximate surface area is 109 Å². The summed E-state index contributed by atoms with van der Waals surface area (Å²) in [4.78, 5) is 32.0. The highest BCUT2D eigenvalue weighted by atomic mass is 16.6. The van der Waals surface area contributed by atoms with Gasteiger partial charge in [0.05, 0.1) is 4.92 Å². The second kappa shape index (κ2) is 6.94. The van der Waals surface area contributed by atoms with Gasteiger partial charge in [-0.1, -0.05) is 6.07 Å². The van der Waals surface area contributed by atoms with Gasteiger partial charge in [0, 0.05) is 37.8 Å². The predicted octanol–water partition coefficient (Wildman–Crippen LogP) is 0.852. The maximum Gasteiger partial charge on any atom is 0.319 e. The van der Waals surface area contributed by atoms with E-state index in [-0.39, 0.29) is 18.1 Å². The number of rotatable bonds is 5. The zero-order chi connectivity index (χ0) is 14.3. The summed E-state index contributed by atoms with van der Waals surface area (Å²) in [6, 6.07) is 5.12. The van der Waals surface area contributed by atoms with Crippen molar-refractivity contribution in [2.75, 3.05) is 18.4 Å². The van der Waals surface area contributed by atoms with Crippen molar-refractivity contribution < 1.29 is 14.5 Å². The van der Waals surface area contributed by atoms with Crippen LogP contribution < -0.4 is 16.0 Å². The summed E-state index contributed by atoms with van der Waals surface area (Å²) in [5.74, 6) is -0.180. The smallest absolute Gasteiger partial charge is 0.319 e. The van der Waals surface area contributed by atoms with Crippen molar-refractivity contribution in [2.45, 2.75) is 6.92 Å². The van der Waals surface area contributed by atoms with Crippen molar-refractivity contribution in [1.29, 1.82) is 0 Å². The Hall–Kier alpha value is -2.64. The lowest BCUT2D eigenvalue weighted by molar-refractivity contribution is -0.384. The number of non-ortho nitro benzene ring substituents is 1. The van der Waals surface area contributed by atoms with Crippen molar-refractivity contribution in [3.8, 4) is 0 Å². The van der Waals surface area contributed by atoms with Crippen LogP contribution in [0.25, 0.3) is 0 Å². The zero-order valence-corrected chi connectivity index (χ0v) is 10.3. The van der Waals surface area contributed by atoms with Gasteiger partial charge in [0.15, 0.2) is 0 Å². The van der Waals surface area contributed by atoms with Crippen LogP contribution in [0.2, 0.25) is 0 Å². The molecule has 0 bridgehead atoms. The van der Waals surface area contributed by atoms with E-state index < -0.39 is 11.0 Å². The van der Waals surface area contributed by atoms with Gasteiger partial charge in [0.1, 0.15) is 0 Å². The van der Waals surface area contributed by atoms with Crippen LogP contribution >= 0.6 is 0 Å². The van der Waals surface area contributed by atoms with E-state index in [0.29, 0.717) is 12.2 Å². The highest BCUT2D eigenvalue weighted by Crippen LogP contribution is 2.16. The molecule has 0 unspecified atom stereocenters. The van der Waals surface area contributed by atoms with Crippen molar-refractivity contribution in [3.63, 3.8) is 0 Å². The minimum atomic E-state index is -0.542. The Kier molecular flexibility index (Phi) is 5.27. The summed E-state index contributed by atoms with van der Waals surface area (Å²) in [5, 5.41) is 18.0. The summed E-state index contributed by atoms with van der Waals surface area (Å²) in [7, 11) is 0. The van der Waals surface area contributed by atoms with E-state index in [1.807, 2.05) is 0 Å². The Bertz CT molecular complexity index is 489. The zero-order valence-electron chi connectivity index (χ0n) is 10.3. The van der Waals surface area contributed by atoms with Gasteiger partial charge in [0.25, 0.3) is 5.69 Å². The van der Waals surface area contributed by atoms with Gasteiger partial charge in [-0.15, -0.1) is 0 Å². The second-order valence-corrected chi connectivity index (χ2v) is 3.67. The fraction of sp³-hybridized carbons (Fsp3) is 0.273. The molecule has 3 amide bonds. The average molecular weight is 266 g/mol. The van der Waals surface area contributed by atoms with Gasteiger partial charge >= 0.3 is 6.03 Å². The maximum absolute atomic E-state index is 11.4. The van der Waals surface area contributed by atoms with E-state index in [0.717, 1.165) is 0 Å². The van der Waals surface area contributed by atoms with Crippen LogP contribution in [0.1, 0.15) is 6.92 Å². The number of hydrogen-bond acceptors (Lipinski definition) is 4. The number of hydrogen-bond donors (Lipinski definition) is 3. The van der Waals surface area contributed by atoms with E-state index in [1.54, 1.807) is 6.07 Å². The van der Waals surface area contributed by atoms with Crippen molar-refractivity contribution in [2.24, 2.45) is 0 Å². The standard InChI is InChI=1S/C11H14N4O4/c1-8(16)12-5-6-13-11(17)14-9-3-2-4-10(7-9)15(18)19/h2-4,7H,5-6H2,1H3,(H,12,16)(H2,13,14,17). The maximum atomic E-state index is 11.4. The molecule has 0 aromatic heterocycles. The molecule has 8 nitrogen and oxygen atoms in total. The number of carbonyl (C=O) groups excluding carboxylic acids is 2. The number of benzene rings is 1. The van der Waals surface area contributed by atoms with Crippen molar-refractivity contribution in [1.82, 2.24) is 10.6 Å². The number of nitro groups is 1. The topological polar surface area (TPSA) is 113 Å². The van der Waals surface area contributed by atoms with E-state index in [2.05, 4.69) is 16.0 Å². The Morgan fingerprint density at radius 1 is 1.26 bits per heavy atom. The normalized spacial score (nSPS) is 9.53. The SMILES string of the molecule is CC(=O)NCCNC(=O)Nc1cccc([N+](=O)[O-])c1. The third-order valence-electron chi connectivity index (χ3n) is 2.10. The number of urea groups is 1. The van der Waals surface area contributed by atoms with Crippen LogP contribution in [0, 0.1) is 10.1 Å². The molecule has 1 rings (SSSR count). The fourth-order valence-electron chi connectivity index (χ4n) is 1.29. The van der Waals surface area contributed by atoms with Crippen LogP contribution in [-0.2, 0) is 4.79 Å². The summed E-state index contributed by atoms with van der Waals surface area (Å²) in [5.41, 5.74) is 0.224. The Balaban J connectivity index is 2.42. The summed E-state index contributed by atoms with van der Waals surface area (Å²) < 4.78 is 0. The first-order chi connectivity index (χ1) is 8.99. The molecule has 0 aliphatic rings. The average Bonchev–Trinajstić information content (AvgIpc) is 2.34. The van der Waals surface area contributed by atoms with E-state index in [4.69, 9.17) is 0 Å². The van der Waals surface area contributed by atoms with Crippen LogP contribution in [0.5, 0.6) is 0 Å². The van der Waals surface area contributed by atoms with Gasteiger partial charge in [-0.25, -0.2) is 4.79 Å². The molecule has 0 saturated carbocycles. The van der Waals surface area contributed by atoms with Crippen molar-refractivity contribution >= 4 is 23.3 Å². The van der Waals surface area contributed by atoms with Crippen LogP contribution in [0.15, 0.2) is 24.3 Å². The van der Waals surface area contributed by atoms with Gasteiger partial charge in [-0.3, -0.25) is 14.9 Å². The number of amides is 3. The van der Waals surface area contributed by atoms with Crippen LogP contribution in [0.4, 0.5) is 16.2 Å². The van der Waals surface area contributed by atoms with E-state index in [9.17, 15) is 19.7 Å². The minimum absolute atomic E-state index is 0.101. The summed E-state index contributed by atoms with van der Waals surface area (Å²) in [6.45, 7) is 1.96. The molecule has 0 aliphatic heterocycles. The largest absolute Gasteiger partial charge is 0.355 e. The predicted molar refractivity (Wildman–Crippen MR) is 68.8 cm³/mol. The molecule has 8 heteroatoms. The molecule has 0 spiro atoms. The molecular weight excluding hydrogens is 252 g/mol. The first kappa shape index (κ1) is 14.4. The quantitative estimate of drug-likeness (QED) is 0.416. The first-order valence-corrected chi connectivity index (χ1v) is 5.53. The molecule has 0 heterocycles. The molecular formula is C11H14N4O4. The lowest BCUT2D eigenvalue weighted by Gasteiger charge is -2.07. The molecule has 3 N–H and O–H groups in total. The second-order valence-electron chi connectivity index (χ2n) is 3.67. The molecule has 0 atom stereocenters. The lowest BCUT2D eigenvalue weighted by atomic mass is 10.3. The fourth-order valence-corrected chi connectivity index (χ4v) is 1.29. The molecule has 0 radical (unpaired) electrons. The van der Waals surface area contributed by atoms with Crippen LogP contribution in [0.3, 0.4) is 0 Å². The molecule has 1 aromatic carbocycles. The van der Waals surface area contributed by atoms with Crippen molar-refractivity contribution in [3.05, 3.63) is 34.4 Å². The third kappa shape index (κ3) is 5.48. The van der Waals surface area contributed by atoms with Gasteiger partial charge < -0.3 is 16.0 Å². The number of carbonyl (C=O) groups is 2. The first-order valence-electron chi connectivity index (χ1n) is 5.53. The van der Waals surface area contributed by atoms with Gasteiger partial charge in [-0.2, -0.15) is 0 Å². The Morgan fingerprint density at radius 3 is 2.58 bits per heavy atom. The summed E-state index contributed by atoms with van der Waals surface area (Å²) >= 11 is 0. The molecule has 0 fully saturated rings. The molecule has 1 aromatic rings. The molecule has 0 aliphatic carbocycles.